The highest BCUT2D eigenvalue weighted by Crippen LogP contribution is 2.21. The van der Waals surface area contributed by atoms with Crippen molar-refractivity contribution in [1.82, 2.24) is 0 Å². The molecule has 1 unspecified atom stereocenters. The van der Waals surface area contributed by atoms with Crippen molar-refractivity contribution < 1.29 is 4.74 Å². The molecule has 0 aliphatic rings. The minimum Gasteiger partial charge on any atom is -0.497 e. The van der Waals surface area contributed by atoms with Crippen LogP contribution in [0, 0.1) is 0 Å². The van der Waals surface area contributed by atoms with Crippen molar-refractivity contribution >= 4 is 27.3 Å². The number of hydrogen-bond donors (Lipinski definition) is 1. The van der Waals surface area contributed by atoms with Crippen LogP contribution in [0.25, 0.3) is 0 Å². The zero-order valence-corrected chi connectivity index (χ0v) is 13.3. The predicted molar refractivity (Wildman–Crippen MR) is 85.0 cm³/mol. The normalized spacial score (nSPS) is 12.4. The highest BCUT2D eigenvalue weighted by Gasteiger charge is 2.07. The molecule has 2 rings (SSSR count). The van der Waals surface area contributed by atoms with Gasteiger partial charge in [-0.25, -0.2) is 0 Å². The molecule has 1 aromatic carbocycles. The minimum absolute atomic E-state index is 0.215. The molecule has 1 atom stereocenters. The van der Waals surface area contributed by atoms with Gasteiger partial charge in [0.2, 0.25) is 0 Å². The number of ether oxygens (including phenoxy) is 1. The Hall–Kier alpha value is -0.840. The topological polar surface area (TPSA) is 35.2 Å². The average molecular weight is 340 g/mol. The molecule has 0 spiro atoms. The molecular formula is C15H18BrNOS. The zero-order chi connectivity index (χ0) is 13.7. The summed E-state index contributed by atoms with van der Waals surface area (Å²) in [5.41, 5.74) is 7.49. The lowest BCUT2D eigenvalue weighted by Crippen LogP contribution is -2.23. The maximum absolute atomic E-state index is 6.19. The third-order valence-electron chi connectivity index (χ3n) is 3.05. The molecule has 1 heterocycles. The van der Waals surface area contributed by atoms with Crippen LogP contribution in [0.4, 0.5) is 0 Å². The number of aryl methyl sites for hydroxylation is 1. The van der Waals surface area contributed by atoms with Crippen LogP contribution in [-0.2, 0) is 12.8 Å². The zero-order valence-electron chi connectivity index (χ0n) is 10.9. The summed E-state index contributed by atoms with van der Waals surface area (Å²) in [6.45, 7) is 0. The van der Waals surface area contributed by atoms with Gasteiger partial charge in [-0.15, -0.1) is 11.3 Å². The van der Waals surface area contributed by atoms with Crippen molar-refractivity contribution in [2.24, 2.45) is 5.73 Å². The summed E-state index contributed by atoms with van der Waals surface area (Å²) in [6.07, 6.45) is 2.96. The van der Waals surface area contributed by atoms with E-state index in [4.69, 9.17) is 10.5 Å². The molecule has 0 aliphatic carbocycles. The minimum atomic E-state index is 0.215. The second-order valence-corrected chi connectivity index (χ2v) is 6.49. The van der Waals surface area contributed by atoms with Gasteiger partial charge in [0.05, 0.1) is 7.11 Å². The first-order valence-electron chi connectivity index (χ1n) is 6.29. The summed E-state index contributed by atoms with van der Waals surface area (Å²) < 4.78 is 6.30. The summed E-state index contributed by atoms with van der Waals surface area (Å²) in [7, 11) is 1.68. The number of hydrogen-bond acceptors (Lipinski definition) is 3. The van der Waals surface area contributed by atoms with E-state index in [0.717, 1.165) is 29.5 Å². The lowest BCUT2D eigenvalue weighted by atomic mass is 10.0. The lowest BCUT2D eigenvalue weighted by molar-refractivity contribution is 0.414. The van der Waals surface area contributed by atoms with Gasteiger partial charge in [0, 0.05) is 20.8 Å². The first-order valence-corrected chi connectivity index (χ1v) is 7.96. The molecule has 0 radical (unpaired) electrons. The maximum atomic E-state index is 6.19. The Morgan fingerprint density at radius 2 is 2.05 bits per heavy atom. The van der Waals surface area contributed by atoms with Gasteiger partial charge in [-0.3, -0.25) is 0 Å². The Labute approximate surface area is 126 Å². The van der Waals surface area contributed by atoms with Gasteiger partial charge in [-0.05, 0) is 59.0 Å². The van der Waals surface area contributed by atoms with E-state index >= 15 is 0 Å². The van der Waals surface area contributed by atoms with Crippen LogP contribution in [-0.4, -0.2) is 13.2 Å². The molecule has 0 amide bonds. The summed E-state index contributed by atoms with van der Waals surface area (Å²) in [6, 6.07) is 10.6. The van der Waals surface area contributed by atoms with Crippen LogP contribution in [0.15, 0.2) is 40.2 Å². The van der Waals surface area contributed by atoms with Crippen LogP contribution in [0.5, 0.6) is 5.75 Å². The van der Waals surface area contributed by atoms with E-state index in [2.05, 4.69) is 39.5 Å². The highest BCUT2D eigenvalue weighted by molar-refractivity contribution is 9.10. The van der Waals surface area contributed by atoms with Crippen molar-refractivity contribution in [3.8, 4) is 5.75 Å². The molecule has 2 nitrogen and oxygen atoms in total. The number of thiophene rings is 1. The van der Waals surface area contributed by atoms with E-state index in [1.54, 1.807) is 18.4 Å². The third kappa shape index (κ3) is 4.64. The highest BCUT2D eigenvalue weighted by atomic mass is 79.9. The van der Waals surface area contributed by atoms with Crippen molar-refractivity contribution in [2.75, 3.05) is 7.11 Å². The molecule has 2 N–H and O–H groups in total. The van der Waals surface area contributed by atoms with Crippen molar-refractivity contribution in [2.45, 2.75) is 25.3 Å². The smallest absolute Gasteiger partial charge is 0.118 e. The lowest BCUT2D eigenvalue weighted by Gasteiger charge is -2.10. The molecular weight excluding hydrogens is 322 g/mol. The SMILES string of the molecule is COc1ccc(CCC(N)Cc2cc(Br)cs2)cc1. The van der Waals surface area contributed by atoms with Gasteiger partial charge in [-0.1, -0.05) is 12.1 Å². The second kappa shape index (κ2) is 7.08. The van der Waals surface area contributed by atoms with Gasteiger partial charge >= 0.3 is 0 Å². The number of rotatable bonds is 6. The standard InChI is InChI=1S/C15H18BrNOS/c1-18-14-6-3-11(4-7-14)2-5-13(17)9-15-8-12(16)10-19-15/h3-4,6-8,10,13H,2,5,9,17H2,1H3. The van der Waals surface area contributed by atoms with E-state index in [9.17, 15) is 0 Å². The van der Waals surface area contributed by atoms with Gasteiger partial charge in [0.25, 0.3) is 0 Å². The van der Waals surface area contributed by atoms with Gasteiger partial charge in [0.15, 0.2) is 0 Å². The summed E-state index contributed by atoms with van der Waals surface area (Å²) in [5, 5.41) is 2.10. The summed E-state index contributed by atoms with van der Waals surface area (Å²) >= 11 is 5.23. The largest absolute Gasteiger partial charge is 0.497 e. The Morgan fingerprint density at radius 3 is 2.63 bits per heavy atom. The van der Waals surface area contributed by atoms with E-state index in [1.807, 2.05) is 12.1 Å². The molecule has 4 heteroatoms. The Morgan fingerprint density at radius 1 is 1.32 bits per heavy atom. The fourth-order valence-corrected chi connectivity index (χ4v) is 3.51. The fraction of sp³-hybridized carbons (Fsp3) is 0.333. The quantitative estimate of drug-likeness (QED) is 0.862. The third-order valence-corrected chi connectivity index (χ3v) is 4.77. The Kier molecular flexibility index (Phi) is 5.43. The van der Waals surface area contributed by atoms with Crippen LogP contribution in [0.3, 0.4) is 0 Å². The van der Waals surface area contributed by atoms with Crippen molar-refractivity contribution in [3.63, 3.8) is 0 Å². The second-order valence-electron chi connectivity index (χ2n) is 4.58. The molecule has 102 valence electrons. The predicted octanol–water partition coefficient (Wildman–Crippen LogP) is 4.02. The van der Waals surface area contributed by atoms with Gasteiger partial charge < -0.3 is 10.5 Å². The molecule has 0 saturated carbocycles. The van der Waals surface area contributed by atoms with Crippen molar-refractivity contribution in [1.29, 1.82) is 0 Å². The number of benzene rings is 1. The maximum Gasteiger partial charge on any atom is 0.118 e. The average Bonchev–Trinajstić information content (AvgIpc) is 2.82. The number of methoxy groups -OCH3 is 1. The molecule has 0 aliphatic heterocycles. The molecule has 0 bridgehead atoms. The number of nitrogens with two attached hydrogens (primary N) is 1. The monoisotopic (exact) mass is 339 g/mol. The van der Waals surface area contributed by atoms with E-state index in [-0.39, 0.29) is 6.04 Å². The molecule has 0 saturated heterocycles. The Bertz CT molecular complexity index is 509. The molecule has 2 aromatic rings. The summed E-state index contributed by atoms with van der Waals surface area (Å²) in [5.74, 6) is 0.900. The van der Waals surface area contributed by atoms with Crippen LogP contribution >= 0.6 is 27.3 Å². The first-order chi connectivity index (χ1) is 9.17. The van der Waals surface area contributed by atoms with E-state index in [1.165, 1.54) is 10.4 Å². The van der Waals surface area contributed by atoms with Crippen molar-refractivity contribution in [3.05, 3.63) is 50.6 Å². The molecule has 19 heavy (non-hydrogen) atoms. The Balaban J connectivity index is 1.80. The summed E-state index contributed by atoms with van der Waals surface area (Å²) in [4.78, 5) is 1.34. The van der Waals surface area contributed by atoms with Crippen LogP contribution in [0.2, 0.25) is 0 Å². The van der Waals surface area contributed by atoms with E-state index < -0.39 is 0 Å². The molecule has 0 fully saturated rings. The van der Waals surface area contributed by atoms with Gasteiger partial charge in [0.1, 0.15) is 5.75 Å². The first kappa shape index (κ1) is 14.6. The molecule has 1 aromatic heterocycles. The van der Waals surface area contributed by atoms with Crippen LogP contribution in [0.1, 0.15) is 16.9 Å². The fourth-order valence-electron chi connectivity index (χ4n) is 1.97. The number of halogens is 1. The van der Waals surface area contributed by atoms with Gasteiger partial charge in [-0.2, -0.15) is 0 Å². The van der Waals surface area contributed by atoms with Crippen LogP contribution < -0.4 is 10.5 Å². The van der Waals surface area contributed by atoms with E-state index in [0.29, 0.717) is 0 Å².